The molecule has 0 spiro atoms. The number of carbonyl (C=O) groups excluding carboxylic acids is 2. The van der Waals surface area contributed by atoms with Crippen LogP contribution in [0.15, 0.2) is 12.3 Å². The van der Waals surface area contributed by atoms with Gasteiger partial charge in [-0.15, -0.1) is 0 Å². The van der Waals surface area contributed by atoms with E-state index >= 15 is 0 Å². The average Bonchev–Trinajstić information content (AvgIpc) is 3.00. The minimum atomic E-state index is -0.170. The second kappa shape index (κ2) is 7.63. The Kier molecular flexibility index (Phi) is 5.77. The Morgan fingerprint density at radius 3 is 2.52 bits per heavy atom. The lowest BCUT2D eigenvalue weighted by molar-refractivity contribution is -0.129. The molecule has 136 valence electrons. The molecule has 2 aromatic rings. The van der Waals surface area contributed by atoms with Crippen LogP contribution in [0.3, 0.4) is 0 Å². The number of aryl methyl sites for hydroxylation is 1. The molecule has 0 aliphatic heterocycles. The summed E-state index contributed by atoms with van der Waals surface area (Å²) < 4.78 is 1.86. The molecule has 25 heavy (non-hydrogen) atoms. The summed E-state index contributed by atoms with van der Waals surface area (Å²) in [7, 11) is 3.37. The third-order valence-electron chi connectivity index (χ3n) is 4.43. The number of aromatic nitrogens is 3. The zero-order chi connectivity index (χ0) is 18.7. The zero-order valence-electron chi connectivity index (χ0n) is 15.9. The van der Waals surface area contributed by atoms with Gasteiger partial charge in [0.1, 0.15) is 0 Å². The van der Waals surface area contributed by atoms with Crippen molar-refractivity contribution >= 4 is 22.8 Å². The quantitative estimate of drug-likeness (QED) is 0.805. The highest BCUT2D eigenvalue weighted by Crippen LogP contribution is 2.23. The first kappa shape index (κ1) is 18.9. The van der Waals surface area contributed by atoms with Crippen molar-refractivity contribution in [2.75, 3.05) is 27.2 Å². The summed E-state index contributed by atoms with van der Waals surface area (Å²) >= 11 is 0. The molecule has 2 heterocycles. The van der Waals surface area contributed by atoms with E-state index in [1.165, 1.54) is 4.90 Å². The molecule has 0 bridgehead atoms. The summed E-state index contributed by atoms with van der Waals surface area (Å²) in [6, 6.07) is 1.98. The van der Waals surface area contributed by atoms with Crippen molar-refractivity contribution < 1.29 is 9.59 Å². The van der Waals surface area contributed by atoms with Crippen molar-refractivity contribution in [1.29, 1.82) is 0 Å². The predicted octanol–water partition coefficient (Wildman–Crippen LogP) is 2.26. The fourth-order valence-electron chi connectivity index (χ4n) is 2.62. The van der Waals surface area contributed by atoms with Crippen LogP contribution in [-0.2, 0) is 4.79 Å². The molecule has 2 rings (SSSR count). The van der Waals surface area contributed by atoms with Crippen molar-refractivity contribution in [3.8, 4) is 0 Å². The van der Waals surface area contributed by atoms with Crippen LogP contribution in [-0.4, -0.2) is 63.6 Å². The van der Waals surface area contributed by atoms with Gasteiger partial charge in [-0.1, -0.05) is 6.92 Å². The summed E-state index contributed by atoms with van der Waals surface area (Å²) in [5.74, 6) is -0.274. The maximum absolute atomic E-state index is 13.0. The van der Waals surface area contributed by atoms with Gasteiger partial charge in [0.25, 0.3) is 5.91 Å². The molecule has 2 amide bonds. The van der Waals surface area contributed by atoms with Gasteiger partial charge in [0.2, 0.25) is 5.91 Å². The van der Waals surface area contributed by atoms with Gasteiger partial charge in [-0.2, -0.15) is 5.10 Å². The van der Waals surface area contributed by atoms with Crippen molar-refractivity contribution in [2.24, 2.45) is 0 Å². The fraction of sp³-hybridized carbons (Fsp3) is 0.556. The Labute approximate surface area is 148 Å². The second-order valence-corrected chi connectivity index (χ2v) is 6.50. The Morgan fingerprint density at radius 1 is 1.28 bits per heavy atom. The van der Waals surface area contributed by atoms with Crippen LogP contribution in [0.25, 0.3) is 11.0 Å². The van der Waals surface area contributed by atoms with Crippen molar-refractivity contribution in [3.05, 3.63) is 23.5 Å². The van der Waals surface area contributed by atoms with E-state index in [9.17, 15) is 9.59 Å². The lowest BCUT2D eigenvalue weighted by Gasteiger charge is -2.22. The molecule has 0 radical (unpaired) electrons. The number of amides is 2. The molecule has 0 saturated carbocycles. The minimum absolute atomic E-state index is 0.0602. The Morgan fingerprint density at radius 2 is 1.96 bits per heavy atom. The van der Waals surface area contributed by atoms with Gasteiger partial charge in [-0.3, -0.25) is 9.59 Å². The number of hydrogen-bond donors (Lipinski definition) is 0. The van der Waals surface area contributed by atoms with E-state index in [0.717, 1.165) is 17.5 Å². The van der Waals surface area contributed by atoms with Crippen molar-refractivity contribution in [3.63, 3.8) is 0 Å². The summed E-state index contributed by atoms with van der Waals surface area (Å²) in [5, 5.41) is 5.16. The van der Waals surface area contributed by atoms with Gasteiger partial charge >= 0.3 is 0 Å². The van der Waals surface area contributed by atoms with Crippen LogP contribution >= 0.6 is 0 Å². The van der Waals surface area contributed by atoms with Crippen molar-refractivity contribution in [1.82, 2.24) is 24.6 Å². The molecule has 7 heteroatoms. The topological polar surface area (TPSA) is 71.3 Å². The molecule has 0 aromatic carbocycles. The van der Waals surface area contributed by atoms with Crippen LogP contribution in [0, 0.1) is 6.92 Å². The van der Waals surface area contributed by atoms with E-state index in [1.54, 1.807) is 31.3 Å². The number of nitrogens with zero attached hydrogens (tertiary/aromatic N) is 5. The number of fused-ring (bicyclic) bond motifs is 1. The molecule has 0 aliphatic carbocycles. The van der Waals surface area contributed by atoms with Crippen LogP contribution in [0.5, 0.6) is 0 Å². The standard InChI is InChI=1S/C18H27N5O2/c1-7-13(4)23-17-15(10-19-23)14(9-12(3)20-17)18(25)22(8-2)11-16(24)21(5)6/h9-10,13H,7-8,11H2,1-6H3. The fourth-order valence-corrected chi connectivity index (χ4v) is 2.62. The highest BCUT2D eigenvalue weighted by Gasteiger charge is 2.23. The molecule has 7 nitrogen and oxygen atoms in total. The molecular formula is C18H27N5O2. The average molecular weight is 345 g/mol. The number of carbonyl (C=O) groups is 2. The first-order chi connectivity index (χ1) is 11.8. The van der Waals surface area contributed by atoms with E-state index in [1.807, 2.05) is 18.5 Å². The van der Waals surface area contributed by atoms with Crippen molar-refractivity contribution in [2.45, 2.75) is 40.2 Å². The zero-order valence-corrected chi connectivity index (χ0v) is 15.9. The maximum Gasteiger partial charge on any atom is 0.255 e. The smallest absolute Gasteiger partial charge is 0.255 e. The first-order valence-electron chi connectivity index (χ1n) is 8.64. The largest absolute Gasteiger partial charge is 0.347 e. The van der Waals surface area contributed by atoms with Crippen LogP contribution in [0.4, 0.5) is 0 Å². The van der Waals surface area contributed by atoms with E-state index in [2.05, 4.69) is 23.9 Å². The molecule has 0 aliphatic rings. The normalized spacial score (nSPS) is 12.2. The molecule has 0 saturated heterocycles. The van der Waals surface area contributed by atoms with E-state index in [-0.39, 0.29) is 24.4 Å². The van der Waals surface area contributed by atoms with Gasteiger partial charge in [0, 0.05) is 26.3 Å². The molecule has 0 N–H and O–H groups in total. The summed E-state index contributed by atoms with van der Waals surface area (Å²) in [6.07, 6.45) is 2.62. The number of hydrogen-bond acceptors (Lipinski definition) is 4. The molecule has 2 aromatic heterocycles. The van der Waals surface area contributed by atoms with Crippen LogP contribution < -0.4 is 0 Å². The van der Waals surface area contributed by atoms with E-state index < -0.39 is 0 Å². The molecule has 1 unspecified atom stereocenters. The Hall–Kier alpha value is -2.44. The third kappa shape index (κ3) is 3.81. The number of pyridine rings is 1. The van der Waals surface area contributed by atoms with Crippen LogP contribution in [0.2, 0.25) is 0 Å². The molecular weight excluding hydrogens is 318 g/mol. The SMILES string of the molecule is CCC(C)n1ncc2c(C(=O)N(CC)CC(=O)N(C)C)cc(C)nc21. The third-order valence-corrected chi connectivity index (χ3v) is 4.43. The lowest BCUT2D eigenvalue weighted by atomic mass is 10.1. The lowest BCUT2D eigenvalue weighted by Crippen LogP contribution is -2.40. The number of rotatable bonds is 6. The van der Waals surface area contributed by atoms with Crippen LogP contribution in [0.1, 0.15) is 49.3 Å². The van der Waals surface area contributed by atoms with Gasteiger partial charge in [0.15, 0.2) is 5.65 Å². The maximum atomic E-state index is 13.0. The van der Waals surface area contributed by atoms with E-state index in [0.29, 0.717) is 17.8 Å². The highest BCUT2D eigenvalue weighted by molar-refractivity contribution is 6.06. The summed E-state index contributed by atoms with van der Waals surface area (Å²) in [5.41, 5.74) is 2.02. The monoisotopic (exact) mass is 345 g/mol. The van der Waals surface area contributed by atoms with Gasteiger partial charge in [-0.25, -0.2) is 9.67 Å². The van der Waals surface area contributed by atoms with Gasteiger partial charge in [0.05, 0.1) is 29.7 Å². The minimum Gasteiger partial charge on any atom is -0.347 e. The second-order valence-electron chi connectivity index (χ2n) is 6.50. The first-order valence-corrected chi connectivity index (χ1v) is 8.64. The van der Waals surface area contributed by atoms with E-state index in [4.69, 9.17) is 0 Å². The molecule has 1 atom stereocenters. The molecule has 0 fully saturated rings. The van der Waals surface area contributed by atoms with Gasteiger partial charge < -0.3 is 9.80 Å². The Balaban J connectivity index is 2.47. The Bertz CT molecular complexity index is 781. The predicted molar refractivity (Wildman–Crippen MR) is 97.5 cm³/mol. The summed E-state index contributed by atoms with van der Waals surface area (Å²) in [6.45, 7) is 8.42. The van der Waals surface area contributed by atoms with Gasteiger partial charge in [-0.05, 0) is 33.3 Å². The summed E-state index contributed by atoms with van der Waals surface area (Å²) in [4.78, 5) is 32.7. The number of likely N-dealkylation sites (N-methyl/N-ethyl adjacent to an activating group) is 2. The highest BCUT2D eigenvalue weighted by atomic mass is 16.2.